The Morgan fingerprint density at radius 2 is 1.41 bits per heavy atom. The highest BCUT2D eigenvalue weighted by molar-refractivity contribution is 9.10. The van der Waals surface area contributed by atoms with E-state index in [2.05, 4.69) is 97.4 Å². The van der Waals surface area contributed by atoms with Gasteiger partial charge in [-0.05, 0) is 93.5 Å². The second-order valence-electron chi connectivity index (χ2n) is 16.8. The van der Waals surface area contributed by atoms with Crippen molar-refractivity contribution < 1.29 is 28.8 Å². The molecule has 0 spiro atoms. The van der Waals surface area contributed by atoms with Gasteiger partial charge in [0.15, 0.2) is 11.6 Å². The number of hydrogen-bond acceptors (Lipinski definition) is 6. The first-order valence-electron chi connectivity index (χ1n) is 20.2. The summed E-state index contributed by atoms with van der Waals surface area (Å²) in [5.74, 6) is -1.49. The molecule has 294 valence electrons. The molecule has 8 rings (SSSR count). The Hall–Kier alpha value is -4.64. The Morgan fingerprint density at radius 1 is 0.828 bits per heavy atom. The molecule has 0 amide bonds. The van der Waals surface area contributed by atoms with Crippen molar-refractivity contribution in [1.29, 1.82) is 0 Å². The molecule has 0 bridgehead atoms. The summed E-state index contributed by atoms with van der Waals surface area (Å²) in [6, 6.07) is 43.6. The van der Waals surface area contributed by atoms with Gasteiger partial charge >= 0.3 is 7.12 Å². The maximum atomic E-state index is 14.5. The van der Waals surface area contributed by atoms with Crippen LogP contribution in [0.4, 0.5) is 0 Å². The first kappa shape index (κ1) is 40.2. The number of carbonyl (C=O) groups excluding carboxylic acids is 2. The monoisotopic (exact) mass is 850 g/mol. The Bertz CT molecular complexity index is 2340. The summed E-state index contributed by atoms with van der Waals surface area (Å²) in [6.45, 7) is 7.01. The number of rotatable bonds is 10. The summed E-state index contributed by atoms with van der Waals surface area (Å²) < 4.78 is 14.9. The maximum absolute atomic E-state index is 14.5. The smallest absolute Gasteiger partial charge is 0.455 e. The zero-order chi connectivity index (χ0) is 40.6. The standard InChI is InChI=1S/C49H48BBrO6Si/c1-49(2,3)58(37-17-9-5-10-18-37,38-19-11-6-12-20-38)56-31-35-29-41-46(48(54)40-22-14-13-21-39(40)47(41)53)42-30-50(55)57-44(45(35)42)26-23-33(32-15-7-4-8-16-32)27-34-28-36(51)24-25-43(34)52/h4-22,24-25,27-28,41-42,44,46,52,55H,23,26,29-31H2,1-3H3/b33-27-/t41-,42+,44-,46-/m1/s1. The molecule has 1 heterocycles. The Morgan fingerprint density at radius 3 is 2.03 bits per heavy atom. The van der Waals surface area contributed by atoms with Gasteiger partial charge in [-0.15, -0.1) is 0 Å². The summed E-state index contributed by atoms with van der Waals surface area (Å²) in [7, 11) is -4.12. The van der Waals surface area contributed by atoms with Crippen LogP contribution in [0.3, 0.4) is 0 Å². The summed E-state index contributed by atoms with van der Waals surface area (Å²) in [5, 5.41) is 24.3. The molecule has 4 atom stereocenters. The van der Waals surface area contributed by atoms with Gasteiger partial charge in [-0.25, -0.2) is 0 Å². The summed E-state index contributed by atoms with van der Waals surface area (Å²) in [6.07, 6.45) is 3.09. The number of carbonyl (C=O) groups is 2. The lowest BCUT2D eigenvalue weighted by Gasteiger charge is -2.48. The number of halogens is 1. The molecule has 0 aromatic heterocycles. The molecule has 0 saturated carbocycles. The number of allylic oxidation sites excluding steroid dienone is 1. The predicted molar refractivity (Wildman–Crippen MR) is 238 cm³/mol. The Kier molecular flexibility index (Phi) is 11.5. The molecular weight excluding hydrogens is 803 g/mol. The van der Waals surface area contributed by atoms with Gasteiger partial charge in [-0.2, -0.15) is 0 Å². The highest BCUT2D eigenvalue weighted by atomic mass is 79.9. The van der Waals surface area contributed by atoms with E-state index in [1.165, 1.54) is 0 Å². The van der Waals surface area contributed by atoms with Crippen LogP contribution in [0, 0.1) is 17.8 Å². The molecule has 5 aromatic carbocycles. The van der Waals surface area contributed by atoms with Gasteiger partial charge in [0.25, 0.3) is 8.32 Å². The van der Waals surface area contributed by atoms with Crippen LogP contribution in [-0.2, 0) is 9.08 Å². The number of aromatic hydroxyl groups is 1. The SMILES string of the molecule is CC(C)(C)[Si](OCC1=C2[C@@H](CC/C(=C/c3cc(Br)ccc3O)c3ccccc3)OB(O)C[C@@H]2[C@@H]2C(=O)c3ccccc3C(=O)[C@@H]2C1)(c1ccccc1)c1ccccc1. The first-order chi connectivity index (χ1) is 28.0. The minimum atomic E-state index is -3.00. The number of phenolic OH excluding ortho intramolecular Hbond substituents is 1. The van der Waals surface area contributed by atoms with Crippen molar-refractivity contribution >= 4 is 65.0 Å². The molecule has 1 fully saturated rings. The zero-order valence-corrected chi connectivity index (χ0v) is 35.7. The lowest BCUT2D eigenvalue weighted by atomic mass is 9.54. The van der Waals surface area contributed by atoms with Crippen LogP contribution in [0.25, 0.3) is 11.6 Å². The number of fused-ring (bicyclic) bond motifs is 4. The van der Waals surface area contributed by atoms with Gasteiger partial charge in [0, 0.05) is 33.0 Å². The third kappa shape index (κ3) is 7.55. The normalized spacial score (nSPS) is 21.1. The van der Waals surface area contributed by atoms with Crippen molar-refractivity contribution in [3.8, 4) is 5.75 Å². The van der Waals surface area contributed by atoms with Gasteiger partial charge < -0.3 is 19.2 Å². The third-order valence-corrected chi connectivity index (χ3v) is 17.9. The van der Waals surface area contributed by atoms with Crippen molar-refractivity contribution in [2.24, 2.45) is 17.8 Å². The van der Waals surface area contributed by atoms with E-state index >= 15 is 0 Å². The molecule has 1 saturated heterocycles. The highest BCUT2D eigenvalue weighted by Gasteiger charge is 2.55. The molecule has 0 radical (unpaired) electrons. The van der Waals surface area contributed by atoms with Crippen LogP contribution >= 0.6 is 15.9 Å². The second kappa shape index (κ2) is 16.5. The van der Waals surface area contributed by atoms with E-state index in [1.54, 1.807) is 24.3 Å². The maximum Gasteiger partial charge on any atom is 0.455 e. The minimum Gasteiger partial charge on any atom is -0.507 e. The van der Waals surface area contributed by atoms with E-state index in [0.29, 0.717) is 36.0 Å². The van der Waals surface area contributed by atoms with Crippen LogP contribution in [0.1, 0.15) is 71.9 Å². The highest BCUT2D eigenvalue weighted by Crippen LogP contribution is 2.52. The number of benzene rings is 5. The van der Waals surface area contributed by atoms with E-state index < -0.39 is 39.3 Å². The number of Topliss-reactive ketones (excluding diaryl/α,β-unsaturated/α-hetero) is 2. The fourth-order valence-corrected chi connectivity index (χ4v) is 14.8. The van der Waals surface area contributed by atoms with E-state index in [9.17, 15) is 19.7 Å². The molecule has 3 aliphatic rings. The van der Waals surface area contributed by atoms with Crippen LogP contribution in [0.5, 0.6) is 5.75 Å². The van der Waals surface area contributed by atoms with Crippen LogP contribution in [0.2, 0.25) is 11.4 Å². The molecule has 2 N–H and O–H groups in total. The van der Waals surface area contributed by atoms with E-state index in [0.717, 1.165) is 37.1 Å². The van der Waals surface area contributed by atoms with Crippen molar-refractivity contribution in [2.45, 2.75) is 57.5 Å². The number of phenols is 1. The van der Waals surface area contributed by atoms with Gasteiger partial charge in [0.2, 0.25) is 0 Å². The summed E-state index contributed by atoms with van der Waals surface area (Å²) in [5.41, 5.74) is 5.57. The average molecular weight is 852 g/mol. The zero-order valence-electron chi connectivity index (χ0n) is 33.1. The quantitative estimate of drug-likeness (QED) is 0.0827. The largest absolute Gasteiger partial charge is 0.507 e. The molecule has 1 aliphatic heterocycles. The minimum absolute atomic E-state index is 0.0251. The van der Waals surface area contributed by atoms with Gasteiger partial charge in [0.05, 0.1) is 12.7 Å². The van der Waals surface area contributed by atoms with Crippen molar-refractivity contribution in [3.63, 3.8) is 0 Å². The predicted octanol–water partition coefficient (Wildman–Crippen LogP) is 9.56. The Labute approximate surface area is 351 Å². The van der Waals surface area contributed by atoms with E-state index in [4.69, 9.17) is 9.08 Å². The second-order valence-corrected chi connectivity index (χ2v) is 22.0. The fraction of sp³-hybridized carbons (Fsp3) is 0.265. The lowest BCUT2D eigenvalue weighted by Crippen LogP contribution is -2.66. The van der Waals surface area contributed by atoms with Crippen LogP contribution in [-0.4, -0.2) is 49.8 Å². The Balaban J connectivity index is 1.25. The molecule has 6 nitrogen and oxygen atoms in total. The lowest BCUT2D eigenvalue weighted by molar-refractivity contribution is 0.0592. The van der Waals surface area contributed by atoms with E-state index in [-0.39, 0.29) is 35.3 Å². The summed E-state index contributed by atoms with van der Waals surface area (Å²) >= 11 is 3.56. The number of ketones is 2. The van der Waals surface area contributed by atoms with Gasteiger partial charge in [0.1, 0.15) is 5.75 Å². The molecule has 2 aliphatic carbocycles. The molecule has 0 unspecified atom stereocenters. The number of hydrogen-bond donors (Lipinski definition) is 2. The van der Waals surface area contributed by atoms with Crippen molar-refractivity contribution in [3.05, 3.63) is 171 Å². The van der Waals surface area contributed by atoms with Crippen LogP contribution in [0.15, 0.2) is 149 Å². The summed E-state index contributed by atoms with van der Waals surface area (Å²) in [4.78, 5) is 29.0. The van der Waals surface area contributed by atoms with Gasteiger partial charge in [-0.3, -0.25) is 9.59 Å². The third-order valence-electron chi connectivity index (χ3n) is 12.4. The van der Waals surface area contributed by atoms with Crippen LogP contribution < -0.4 is 10.4 Å². The van der Waals surface area contributed by atoms with Gasteiger partial charge in [-0.1, -0.05) is 152 Å². The fourth-order valence-electron chi connectivity index (χ4n) is 9.83. The van der Waals surface area contributed by atoms with Crippen molar-refractivity contribution in [2.75, 3.05) is 6.61 Å². The molecular formula is C49H48BBrO6Si. The topological polar surface area (TPSA) is 93.1 Å². The van der Waals surface area contributed by atoms with E-state index in [1.807, 2.05) is 54.6 Å². The molecule has 58 heavy (non-hydrogen) atoms. The molecule has 5 aromatic rings. The first-order valence-corrected chi connectivity index (χ1v) is 22.9. The average Bonchev–Trinajstić information content (AvgIpc) is 3.23. The van der Waals surface area contributed by atoms with Crippen molar-refractivity contribution in [1.82, 2.24) is 0 Å². The molecule has 9 heteroatoms.